The fourth-order valence-corrected chi connectivity index (χ4v) is 2.85. The first kappa shape index (κ1) is 12.8. The zero-order chi connectivity index (χ0) is 13.0. The maximum Gasteiger partial charge on any atom is 0.275 e. The van der Waals surface area contributed by atoms with Crippen LogP contribution in [0.1, 0.15) is 15.2 Å². The second-order valence-electron chi connectivity index (χ2n) is 3.68. The van der Waals surface area contributed by atoms with Gasteiger partial charge < -0.3 is 4.74 Å². The summed E-state index contributed by atoms with van der Waals surface area (Å²) in [6, 6.07) is 7.84. The van der Waals surface area contributed by atoms with Crippen molar-refractivity contribution in [3.05, 3.63) is 47.4 Å². The lowest BCUT2D eigenvalue weighted by Crippen LogP contribution is -2.30. The van der Waals surface area contributed by atoms with Crippen molar-refractivity contribution in [2.24, 2.45) is 5.84 Å². The molecule has 5 heteroatoms. The number of carbonyl (C=O) groups is 1. The van der Waals surface area contributed by atoms with Gasteiger partial charge in [0.25, 0.3) is 5.91 Å². The molecule has 0 radical (unpaired) electrons. The van der Waals surface area contributed by atoms with Crippen LogP contribution >= 0.6 is 11.3 Å². The second-order valence-corrected chi connectivity index (χ2v) is 4.74. The van der Waals surface area contributed by atoms with Gasteiger partial charge in [-0.15, -0.1) is 17.9 Å². The first-order valence-electron chi connectivity index (χ1n) is 5.48. The third-order valence-corrected chi connectivity index (χ3v) is 3.73. The summed E-state index contributed by atoms with van der Waals surface area (Å²) in [4.78, 5) is 12.3. The summed E-state index contributed by atoms with van der Waals surface area (Å²) >= 11 is 1.42. The SMILES string of the molecule is C=CCOCc1c(C(=O)NN)sc2ccccc12. The number of thiophene rings is 1. The Bertz CT molecular complexity index is 577. The number of nitrogens with two attached hydrogens (primary N) is 1. The summed E-state index contributed by atoms with van der Waals surface area (Å²) in [6.45, 7) is 4.42. The Labute approximate surface area is 109 Å². The van der Waals surface area contributed by atoms with Gasteiger partial charge in [0.05, 0.1) is 18.1 Å². The molecule has 1 aromatic carbocycles. The molecule has 94 valence electrons. The maximum atomic E-state index is 11.7. The predicted molar refractivity (Wildman–Crippen MR) is 73.3 cm³/mol. The molecule has 2 aromatic rings. The zero-order valence-electron chi connectivity index (χ0n) is 9.81. The van der Waals surface area contributed by atoms with Gasteiger partial charge in [-0.25, -0.2) is 5.84 Å². The fraction of sp³-hybridized carbons (Fsp3) is 0.154. The first-order chi connectivity index (χ1) is 8.77. The van der Waals surface area contributed by atoms with Gasteiger partial charge in [0, 0.05) is 10.3 Å². The van der Waals surface area contributed by atoms with Crippen molar-refractivity contribution < 1.29 is 9.53 Å². The number of amides is 1. The summed E-state index contributed by atoms with van der Waals surface area (Å²) < 4.78 is 6.49. The number of ether oxygens (including phenoxy) is 1. The van der Waals surface area contributed by atoms with E-state index in [1.54, 1.807) is 6.08 Å². The fourth-order valence-electron chi connectivity index (χ4n) is 1.74. The van der Waals surface area contributed by atoms with Crippen LogP contribution in [0.15, 0.2) is 36.9 Å². The van der Waals surface area contributed by atoms with E-state index in [1.807, 2.05) is 24.3 Å². The van der Waals surface area contributed by atoms with Gasteiger partial charge in [-0.2, -0.15) is 0 Å². The molecule has 0 fully saturated rings. The number of nitrogen functional groups attached to an aromatic ring is 1. The summed E-state index contributed by atoms with van der Waals surface area (Å²) in [5.74, 6) is 4.92. The predicted octanol–water partition coefficient (Wildman–Crippen LogP) is 2.21. The molecule has 3 N–H and O–H groups in total. The van der Waals surface area contributed by atoms with Crippen molar-refractivity contribution >= 4 is 27.3 Å². The van der Waals surface area contributed by atoms with Crippen LogP contribution in [0.3, 0.4) is 0 Å². The number of hydrazine groups is 1. The molecule has 0 bridgehead atoms. The molecule has 1 heterocycles. The number of rotatable bonds is 5. The number of fused-ring (bicyclic) bond motifs is 1. The number of benzene rings is 1. The van der Waals surface area contributed by atoms with Gasteiger partial charge in [0.15, 0.2) is 0 Å². The third kappa shape index (κ3) is 2.43. The lowest BCUT2D eigenvalue weighted by Gasteiger charge is -2.03. The van der Waals surface area contributed by atoms with Crippen LogP contribution in [0.25, 0.3) is 10.1 Å². The van der Waals surface area contributed by atoms with Crippen molar-refractivity contribution in [1.82, 2.24) is 5.43 Å². The van der Waals surface area contributed by atoms with E-state index >= 15 is 0 Å². The van der Waals surface area contributed by atoms with E-state index in [-0.39, 0.29) is 5.91 Å². The van der Waals surface area contributed by atoms with E-state index in [0.29, 0.717) is 18.1 Å². The highest BCUT2D eigenvalue weighted by Crippen LogP contribution is 2.31. The molecular weight excluding hydrogens is 248 g/mol. The average Bonchev–Trinajstić information content (AvgIpc) is 2.77. The van der Waals surface area contributed by atoms with E-state index in [2.05, 4.69) is 12.0 Å². The van der Waals surface area contributed by atoms with Crippen LogP contribution in [0.5, 0.6) is 0 Å². The Morgan fingerprint density at radius 2 is 2.28 bits per heavy atom. The number of hydrogen-bond donors (Lipinski definition) is 2. The van der Waals surface area contributed by atoms with Crippen LogP contribution in [0, 0.1) is 0 Å². The van der Waals surface area contributed by atoms with Crippen LogP contribution in [-0.4, -0.2) is 12.5 Å². The van der Waals surface area contributed by atoms with Crippen LogP contribution < -0.4 is 11.3 Å². The van der Waals surface area contributed by atoms with E-state index < -0.39 is 0 Å². The second kappa shape index (κ2) is 5.77. The van der Waals surface area contributed by atoms with Crippen molar-refractivity contribution in [2.45, 2.75) is 6.61 Å². The van der Waals surface area contributed by atoms with E-state index in [0.717, 1.165) is 15.6 Å². The Hall–Kier alpha value is -1.69. The number of carbonyl (C=O) groups excluding carboxylic acids is 1. The molecule has 0 aliphatic heterocycles. The van der Waals surface area contributed by atoms with Crippen molar-refractivity contribution in [3.8, 4) is 0 Å². The molecule has 0 atom stereocenters. The zero-order valence-corrected chi connectivity index (χ0v) is 10.6. The molecule has 2 rings (SSSR count). The highest BCUT2D eigenvalue weighted by molar-refractivity contribution is 7.21. The molecule has 1 amide bonds. The van der Waals surface area contributed by atoms with Gasteiger partial charge >= 0.3 is 0 Å². The van der Waals surface area contributed by atoms with Crippen LogP contribution in [-0.2, 0) is 11.3 Å². The first-order valence-corrected chi connectivity index (χ1v) is 6.29. The quantitative estimate of drug-likeness (QED) is 0.285. The molecule has 0 aliphatic rings. The molecule has 0 spiro atoms. The summed E-state index contributed by atoms with van der Waals surface area (Å²) in [5, 5.41) is 1.03. The average molecular weight is 262 g/mol. The van der Waals surface area contributed by atoms with Crippen LogP contribution in [0.2, 0.25) is 0 Å². The van der Waals surface area contributed by atoms with Gasteiger partial charge in [-0.05, 0) is 11.5 Å². The topological polar surface area (TPSA) is 64.3 Å². The smallest absolute Gasteiger partial charge is 0.275 e. The number of nitrogens with one attached hydrogen (secondary N) is 1. The Kier molecular flexibility index (Phi) is 4.09. The van der Waals surface area contributed by atoms with Gasteiger partial charge in [-0.3, -0.25) is 10.2 Å². The summed E-state index contributed by atoms with van der Waals surface area (Å²) in [6.07, 6.45) is 1.68. The standard InChI is InChI=1S/C13H14N2O2S/c1-2-7-17-8-10-9-5-3-4-6-11(9)18-12(10)13(16)15-14/h2-6H,1,7-8,14H2,(H,15,16). The largest absolute Gasteiger partial charge is 0.373 e. The highest BCUT2D eigenvalue weighted by atomic mass is 32.1. The molecular formula is C13H14N2O2S. The molecule has 0 saturated carbocycles. The highest BCUT2D eigenvalue weighted by Gasteiger charge is 2.17. The summed E-state index contributed by atoms with van der Waals surface area (Å²) in [5.41, 5.74) is 3.04. The Morgan fingerprint density at radius 3 is 3.00 bits per heavy atom. The van der Waals surface area contributed by atoms with Crippen molar-refractivity contribution in [2.75, 3.05) is 6.61 Å². The molecule has 0 aliphatic carbocycles. The summed E-state index contributed by atoms with van der Waals surface area (Å²) in [7, 11) is 0. The lowest BCUT2D eigenvalue weighted by molar-refractivity contribution is 0.0951. The third-order valence-electron chi connectivity index (χ3n) is 2.52. The molecule has 0 unspecified atom stereocenters. The van der Waals surface area contributed by atoms with Gasteiger partial charge in [0.2, 0.25) is 0 Å². The van der Waals surface area contributed by atoms with Gasteiger partial charge in [-0.1, -0.05) is 24.3 Å². The normalized spacial score (nSPS) is 10.5. The minimum atomic E-state index is -0.284. The molecule has 18 heavy (non-hydrogen) atoms. The van der Waals surface area contributed by atoms with E-state index in [9.17, 15) is 4.79 Å². The Morgan fingerprint density at radius 1 is 1.50 bits per heavy atom. The molecule has 4 nitrogen and oxygen atoms in total. The minimum absolute atomic E-state index is 0.284. The van der Waals surface area contributed by atoms with E-state index in [4.69, 9.17) is 10.6 Å². The molecule has 0 saturated heterocycles. The minimum Gasteiger partial charge on any atom is -0.373 e. The molecule has 1 aromatic heterocycles. The van der Waals surface area contributed by atoms with E-state index in [1.165, 1.54) is 11.3 Å². The lowest BCUT2D eigenvalue weighted by atomic mass is 10.1. The maximum absolute atomic E-state index is 11.7. The number of hydrogen-bond acceptors (Lipinski definition) is 4. The van der Waals surface area contributed by atoms with Crippen molar-refractivity contribution in [1.29, 1.82) is 0 Å². The monoisotopic (exact) mass is 262 g/mol. The van der Waals surface area contributed by atoms with Gasteiger partial charge in [0.1, 0.15) is 0 Å². The van der Waals surface area contributed by atoms with Crippen LogP contribution in [0.4, 0.5) is 0 Å². The van der Waals surface area contributed by atoms with Crippen molar-refractivity contribution in [3.63, 3.8) is 0 Å². The Balaban J connectivity index is 2.43.